The predicted molar refractivity (Wildman–Crippen MR) is 104 cm³/mol. The van der Waals surface area contributed by atoms with E-state index in [1.54, 1.807) is 0 Å². The van der Waals surface area contributed by atoms with E-state index in [4.69, 9.17) is 0 Å². The van der Waals surface area contributed by atoms with Gasteiger partial charge in [0.2, 0.25) is 5.91 Å². The molecule has 3 nitrogen and oxygen atoms in total. The molecule has 0 bridgehead atoms. The molecule has 2 aromatic carbocycles. The van der Waals surface area contributed by atoms with E-state index in [0.717, 1.165) is 18.5 Å². The van der Waals surface area contributed by atoms with Crippen molar-refractivity contribution in [2.24, 2.45) is 0 Å². The molecule has 1 aliphatic carbocycles. The molecule has 0 radical (unpaired) electrons. The van der Waals surface area contributed by atoms with E-state index in [1.807, 2.05) is 57.2 Å². The molecule has 1 aliphatic rings. The lowest BCUT2D eigenvalue weighted by Gasteiger charge is -2.35. The highest BCUT2D eigenvalue weighted by atomic mass is 16.2. The summed E-state index contributed by atoms with van der Waals surface area (Å²) in [6, 6.07) is 20.9. The molecular formula is C22H28N2O. The number of para-hydroxylation sites is 1. The molecule has 0 aromatic heterocycles. The lowest BCUT2D eigenvalue weighted by molar-refractivity contribution is -0.123. The van der Waals surface area contributed by atoms with Crippen LogP contribution in [-0.4, -0.2) is 23.5 Å². The molecule has 0 saturated heterocycles. The highest BCUT2D eigenvalue weighted by Crippen LogP contribution is 2.34. The standard InChI is InChI=1S/C22H28N2O/c1-22(2,3)23-21(25)20(16-17-10-6-4-7-11-17)24(19-14-15-19)18-12-8-5-9-13-18/h4-13,19-20H,14-16H2,1-3H3,(H,23,25). The number of amides is 1. The molecule has 1 N–H and O–H groups in total. The van der Waals surface area contributed by atoms with Crippen LogP contribution in [0.2, 0.25) is 0 Å². The Balaban J connectivity index is 1.92. The number of rotatable bonds is 6. The minimum atomic E-state index is -0.238. The number of carbonyl (C=O) groups excluding carboxylic acids is 1. The van der Waals surface area contributed by atoms with Gasteiger partial charge in [0, 0.05) is 23.7 Å². The van der Waals surface area contributed by atoms with Crippen molar-refractivity contribution in [1.29, 1.82) is 0 Å². The first-order valence-corrected chi connectivity index (χ1v) is 9.13. The molecule has 1 amide bonds. The fourth-order valence-corrected chi connectivity index (χ4v) is 3.21. The van der Waals surface area contributed by atoms with Gasteiger partial charge in [0.1, 0.15) is 6.04 Å². The van der Waals surface area contributed by atoms with Gasteiger partial charge in [0.15, 0.2) is 0 Å². The number of benzene rings is 2. The second-order valence-corrected chi connectivity index (χ2v) is 7.92. The van der Waals surface area contributed by atoms with E-state index >= 15 is 0 Å². The SMILES string of the molecule is CC(C)(C)NC(=O)C(Cc1ccccc1)N(c1ccccc1)C1CC1. The third-order valence-corrected chi connectivity index (χ3v) is 4.40. The van der Waals surface area contributed by atoms with Gasteiger partial charge < -0.3 is 10.2 Å². The normalized spacial score (nSPS) is 15.5. The largest absolute Gasteiger partial charge is 0.356 e. The first-order chi connectivity index (χ1) is 11.9. The van der Waals surface area contributed by atoms with Crippen LogP contribution in [0.1, 0.15) is 39.2 Å². The molecule has 0 spiro atoms. The minimum Gasteiger partial charge on any atom is -0.356 e. The van der Waals surface area contributed by atoms with Gasteiger partial charge in [-0.05, 0) is 51.3 Å². The molecule has 0 heterocycles. The smallest absolute Gasteiger partial charge is 0.243 e. The molecule has 25 heavy (non-hydrogen) atoms. The second-order valence-electron chi connectivity index (χ2n) is 7.92. The van der Waals surface area contributed by atoms with Crippen molar-refractivity contribution >= 4 is 11.6 Å². The third kappa shape index (κ3) is 4.85. The van der Waals surface area contributed by atoms with Gasteiger partial charge in [-0.2, -0.15) is 0 Å². The van der Waals surface area contributed by atoms with Gasteiger partial charge in [-0.3, -0.25) is 4.79 Å². The van der Waals surface area contributed by atoms with E-state index in [2.05, 4.69) is 34.5 Å². The summed E-state index contributed by atoms with van der Waals surface area (Å²) in [5.41, 5.74) is 2.09. The predicted octanol–water partition coefficient (Wildman–Crippen LogP) is 4.18. The number of hydrogen-bond acceptors (Lipinski definition) is 2. The van der Waals surface area contributed by atoms with Crippen molar-refractivity contribution in [3.8, 4) is 0 Å². The van der Waals surface area contributed by atoms with Gasteiger partial charge in [0.25, 0.3) is 0 Å². The zero-order chi connectivity index (χ0) is 17.9. The molecule has 1 fully saturated rings. The van der Waals surface area contributed by atoms with E-state index in [-0.39, 0.29) is 17.5 Å². The van der Waals surface area contributed by atoms with Crippen LogP contribution in [0.4, 0.5) is 5.69 Å². The topological polar surface area (TPSA) is 32.3 Å². The average Bonchev–Trinajstić information content (AvgIpc) is 3.39. The number of nitrogens with one attached hydrogen (secondary N) is 1. The Morgan fingerprint density at radius 3 is 2.12 bits per heavy atom. The summed E-state index contributed by atoms with van der Waals surface area (Å²) < 4.78 is 0. The van der Waals surface area contributed by atoms with E-state index in [0.29, 0.717) is 12.5 Å². The van der Waals surface area contributed by atoms with Gasteiger partial charge in [-0.1, -0.05) is 48.5 Å². The molecule has 0 aliphatic heterocycles. The van der Waals surface area contributed by atoms with E-state index < -0.39 is 0 Å². The van der Waals surface area contributed by atoms with Crippen LogP contribution in [0.3, 0.4) is 0 Å². The Bertz CT molecular complexity index is 687. The lowest BCUT2D eigenvalue weighted by atomic mass is 10.0. The van der Waals surface area contributed by atoms with Gasteiger partial charge >= 0.3 is 0 Å². The van der Waals surface area contributed by atoms with Gasteiger partial charge in [-0.15, -0.1) is 0 Å². The summed E-state index contributed by atoms with van der Waals surface area (Å²) in [6.07, 6.45) is 3.03. The molecule has 1 atom stereocenters. The molecule has 3 heteroatoms. The summed E-state index contributed by atoms with van der Waals surface area (Å²) in [7, 11) is 0. The summed E-state index contributed by atoms with van der Waals surface area (Å²) in [5, 5.41) is 3.19. The van der Waals surface area contributed by atoms with E-state index in [1.165, 1.54) is 5.56 Å². The van der Waals surface area contributed by atoms with Crippen LogP contribution >= 0.6 is 0 Å². The quantitative estimate of drug-likeness (QED) is 0.858. The number of carbonyl (C=O) groups is 1. The van der Waals surface area contributed by atoms with Crippen molar-refractivity contribution < 1.29 is 4.79 Å². The van der Waals surface area contributed by atoms with Crippen LogP contribution in [0.5, 0.6) is 0 Å². The number of nitrogens with zero attached hydrogens (tertiary/aromatic N) is 1. The molecular weight excluding hydrogens is 308 g/mol. The van der Waals surface area contributed by atoms with Crippen molar-refractivity contribution in [1.82, 2.24) is 5.32 Å². The maximum atomic E-state index is 13.2. The summed E-state index contributed by atoms with van der Waals surface area (Å²) in [6.45, 7) is 6.11. The monoisotopic (exact) mass is 336 g/mol. The number of anilines is 1. The third-order valence-electron chi connectivity index (χ3n) is 4.40. The molecule has 2 aromatic rings. The molecule has 132 valence electrons. The second kappa shape index (κ2) is 7.30. The first-order valence-electron chi connectivity index (χ1n) is 9.13. The molecule has 1 saturated carbocycles. The van der Waals surface area contributed by atoms with Crippen molar-refractivity contribution in [2.75, 3.05) is 4.90 Å². The highest BCUT2D eigenvalue weighted by Gasteiger charge is 2.38. The number of hydrogen-bond donors (Lipinski definition) is 1. The highest BCUT2D eigenvalue weighted by molar-refractivity contribution is 5.86. The average molecular weight is 336 g/mol. The minimum absolute atomic E-state index is 0.104. The molecule has 1 unspecified atom stereocenters. The summed E-state index contributed by atoms with van der Waals surface area (Å²) >= 11 is 0. The van der Waals surface area contributed by atoms with Gasteiger partial charge in [0.05, 0.1) is 0 Å². The van der Waals surface area contributed by atoms with Gasteiger partial charge in [-0.25, -0.2) is 0 Å². The zero-order valence-electron chi connectivity index (χ0n) is 15.4. The van der Waals surface area contributed by atoms with Crippen LogP contribution in [0, 0.1) is 0 Å². The van der Waals surface area contributed by atoms with Crippen LogP contribution in [-0.2, 0) is 11.2 Å². The van der Waals surface area contributed by atoms with Crippen LogP contribution in [0.15, 0.2) is 60.7 Å². The Kier molecular flexibility index (Phi) is 5.12. The lowest BCUT2D eigenvalue weighted by Crippen LogP contribution is -2.54. The maximum absolute atomic E-state index is 13.2. The fourth-order valence-electron chi connectivity index (χ4n) is 3.21. The van der Waals surface area contributed by atoms with E-state index in [9.17, 15) is 4.79 Å². The Labute approximate surface area is 151 Å². The maximum Gasteiger partial charge on any atom is 0.243 e. The van der Waals surface area contributed by atoms with Crippen LogP contribution < -0.4 is 10.2 Å². The summed E-state index contributed by atoms with van der Waals surface area (Å²) in [5.74, 6) is 0.104. The zero-order valence-corrected chi connectivity index (χ0v) is 15.4. The Morgan fingerprint density at radius 1 is 1.04 bits per heavy atom. The Morgan fingerprint density at radius 2 is 1.60 bits per heavy atom. The molecule has 3 rings (SSSR count). The first kappa shape index (κ1) is 17.5. The fraction of sp³-hybridized carbons (Fsp3) is 0.409. The van der Waals surface area contributed by atoms with Crippen molar-refractivity contribution in [3.05, 3.63) is 66.2 Å². The van der Waals surface area contributed by atoms with Crippen LogP contribution in [0.25, 0.3) is 0 Å². The summed E-state index contributed by atoms with van der Waals surface area (Å²) in [4.78, 5) is 15.5. The Hall–Kier alpha value is -2.29. The van der Waals surface area contributed by atoms with Crippen molar-refractivity contribution in [3.63, 3.8) is 0 Å². The van der Waals surface area contributed by atoms with Crippen molar-refractivity contribution in [2.45, 2.75) is 57.7 Å².